The van der Waals surface area contributed by atoms with E-state index < -0.39 is 17.5 Å². The molecule has 4 aliphatic rings. The van der Waals surface area contributed by atoms with E-state index in [0.29, 0.717) is 47.0 Å². The van der Waals surface area contributed by atoms with Gasteiger partial charge in [-0.25, -0.2) is 9.59 Å². The van der Waals surface area contributed by atoms with Crippen LogP contribution in [0.25, 0.3) is 0 Å². The molecule has 2 fully saturated rings. The lowest BCUT2D eigenvalue weighted by molar-refractivity contribution is 0.0224. The second-order valence-corrected chi connectivity index (χ2v) is 10.8. The summed E-state index contributed by atoms with van der Waals surface area (Å²) >= 11 is 0. The normalized spacial score (nSPS) is 21.5. The number of carboxylic acids is 1. The van der Waals surface area contributed by atoms with Crippen LogP contribution >= 0.6 is 0 Å². The predicted molar refractivity (Wildman–Crippen MR) is 147 cm³/mol. The minimum absolute atomic E-state index is 0.0882. The van der Waals surface area contributed by atoms with Crippen LogP contribution in [0, 0.1) is 0 Å². The van der Waals surface area contributed by atoms with E-state index in [1.54, 1.807) is 20.3 Å². The van der Waals surface area contributed by atoms with Crippen LogP contribution < -0.4 is 14.5 Å². The van der Waals surface area contributed by atoms with Gasteiger partial charge >= 0.3 is 11.9 Å². The predicted octanol–water partition coefficient (Wildman–Crippen LogP) is 4.40. The lowest BCUT2D eigenvalue weighted by Crippen LogP contribution is -2.50. The van der Waals surface area contributed by atoms with Crippen molar-refractivity contribution in [3.63, 3.8) is 0 Å². The van der Waals surface area contributed by atoms with Gasteiger partial charge < -0.3 is 33.9 Å². The molecule has 2 saturated heterocycles. The van der Waals surface area contributed by atoms with Gasteiger partial charge in [-0.3, -0.25) is 0 Å². The number of nitrogens with zero attached hydrogens (tertiary/aromatic N) is 2. The molecule has 0 bridgehead atoms. The topological polar surface area (TPSA) is 97.8 Å². The number of methoxy groups -OCH3 is 2. The first-order valence-corrected chi connectivity index (χ1v) is 13.5. The molecule has 9 heteroatoms. The van der Waals surface area contributed by atoms with E-state index in [1.165, 1.54) is 12.1 Å². The zero-order valence-corrected chi connectivity index (χ0v) is 22.4. The number of fused-ring (bicyclic) bond motifs is 6. The molecule has 2 atom stereocenters. The van der Waals surface area contributed by atoms with Gasteiger partial charge in [-0.2, -0.15) is 0 Å². The molecule has 0 unspecified atom stereocenters. The Kier molecular flexibility index (Phi) is 5.76. The molecule has 1 N–H and O–H groups in total. The molecular weight excluding hydrogens is 512 g/mol. The number of anilines is 2. The van der Waals surface area contributed by atoms with Crippen LogP contribution in [-0.2, 0) is 19.8 Å². The maximum atomic E-state index is 13.3. The number of carbonyl (C=O) groups is 2. The smallest absolute Gasteiger partial charge is 0.340 e. The molecule has 1 spiro atoms. The van der Waals surface area contributed by atoms with Gasteiger partial charge in [-0.1, -0.05) is 0 Å². The highest BCUT2D eigenvalue weighted by Crippen LogP contribution is 2.57. The van der Waals surface area contributed by atoms with Crippen molar-refractivity contribution in [2.75, 3.05) is 50.3 Å². The number of ether oxygens (including phenoxy) is 4. The summed E-state index contributed by atoms with van der Waals surface area (Å²) < 4.78 is 23.6. The summed E-state index contributed by atoms with van der Waals surface area (Å²) in [5.74, 6) is -0.420. The van der Waals surface area contributed by atoms with Gasteiger partial charge in [0.05, 0.1) is 36.4 Å². The Labute approximate surface area is 231 Å². The molecule has 0 radical (unpaired) electrons. The second kappa shape index (κ2) is 9.25. The van der Waals surface area contributed by atoms with Crippen molar-refractivity contribution >= 4 is 23.3 Å². The van der Waals surface area contributed by atoms with Crippen molar-refractivity contribution in [2.45, 2.75) is 30.5 Å². The van der Waals surface area contributed by atoms with Gasteiger partial charge in [-0.05, 0) is 55.3 Å². The Morgan fingerprint density at radius 2 is 1.45 bits per heavy atom. The SMILES string of the molecule is COC[C@H]1CCN1c1ccc2c(c1)Oc1cc(N3CC[C@@H]3COC)ccc1C21OC(=O)c2ccc(C(=O)O)cc21. The number of hydrogen-bond acceptors (Lipinski definition) is 8. The molecule has 0 saturated carbocycles. The van der Waals surface area contributed by atoms with E-state index in [4.69, 9.17) is 18.9 Å². The van der Waals surface area contributed by atoms with E-state index in [9.17, 15) is 14.7 Å². The maximum absolute atomic E-state index is 13.3. The fraction of sp³-hybridized carbons (Fsp3) is 0.355. The Morgan fingerprint density at radius 1 is 0.875 bits per heavy atom. The number of carboxylic acid groups (broad SMARTS) is 1. The Morgan fingerprint density at radius 3 is 1.93 bits per heavy atom. The van der Waals surface area contributed by atoms with Crippen molar-refractivity contribution in [3.05, 3.63) is 82.4 Å². The van der Waals surface area contributed by atoms with Crippen molar-refractivity contribution in [1.29, 1.82) is 0 Å². The van der Waals surface area contributed by atoms with Gasteiger partial charge in [0.25, 0.3) is 0 Å². The molecule has 3 aromatic carbocycles. The quantitative estimate of drug-likeness (QED) is 0.436. The molecule has 7 rings (SSSR count). The Bertz CT molecular complexity index is 1460. The Hall–Kier alpha value is -4.08. The van der Waals surface area contributed by atoms with Crippen LogP contribution in [0.15, 0.2) is 54.6 Å². The average Bonchev–Trinajstić information content (AvgIpc) is 3.21. The zero-order chi connectivity index (χ0) is 27.6. The second-order valence-electron chi connectivity index (χ2n) is 10.8. The van der Waals surface area contributed by atoms with E-state index in [2.05, 4.69) is 9.80 Å². The van der Waals surface area contributed by atoms with Gasteiger partial charge in [0, 0.05) is 67.5 Å². The standard InChI is InChI=1S/C31H30N2O7/c1-37-16-21-9-11-32(21)19-4-7-24-27(14-19)39-28-15-20(33-12-10-22(33)17-38-2)5-8-25(28)31(24)26-13-18(29(34)35)3-6-23(26)30(36)40-31/h3-8,13-15,21-22H,9-12,16-17H2,1-2H3,(H,34,35)/t21-,22-/m1/s1. The lowest BCUT2D eigenvalue weighted by Gasteiger charge is -2.44. The summed E-state index contributed by atoms with van der Waals surface area (Å²) in [4.78, 5) is 29.8. The summed E-state index contributed by atoms with van der Waals surface area (Å²) in [6, 6.07) is 17.0. The van der Waals surface area contributed by atoms with Crippen molar-refractivity contribution in [3.8, 4) is 11.5 Å². The van der Waals surface area contributed by atoms with E-state index in [-0.39, 0.29) is 17.6 Å². The highest BCUT2D eigenvalue weighted by atomic mass is 16.6. The monoisotopic (exact) mass is 542 g/mol. The molecule has 4 heterocycles. The highest BCUT2D eigenvalue weighted by molar-refractivity contribution is 5.99. The molecule has 0 aromatic heterocycles. The van der Waals surface area contributed by atoms with Gasteiger partial charge in [0.1, 0.15) is 11.5 Å². The Balaban J connectivity index is 1.40. The highest BCUT2D eigenvalue weighted by Gasteiger charge is 2.54. The fourth-order valence-corrected chi connectivity index (χ4v) is 6.48. The minimum Gasteiger partial charge on any atom is -0.478 e. The first kappa shape index (κ1) is 24.9. The number of benzene rings is 3. The van der Waals surface area contributed by atoms with Gasteiger partial charge in [-0.15, -0.1) is 0 Å². The van der Waals surface area contributed by atoms with E-state index in [0.717, 1.165) is 37.3 Å². The van der Waals surface area contributed by atoms with Crippen LogP contribution in [0.2, 0.25) is 0 Å². The fourth-order valence-electron chi connectivity index (χ4n) is 6.48. The molecule has 40 heavy (non-hydrogen) atoms. The minimum atomic E-state index is -1.33. The van der Waals surface area contributed by atoms with Crippen LogP contribution in [0.3, 0.4) is 0 Å². The first-order valence-electron chi connectivity index (χ1n) is 13.5. The number of hydrogen-bond donors (Lipinski definition) is 1. The summed E-state index contributed by atoms with van der Waals surface area (Å²) in [6.07, 6.45) is 2.09. The molecule has 206 valence electrons. The van der Waals surface area contributed by atoms with Crippen LogP contribution in [-0.4, -0.2) is 69.7 Å². The van der Waals surface area contributed by atoms with Gasteiger partial charge in [0.15, 0.2) is 5.60 Å². The molecule has 3 aromatic rings. The summed E-state index contributed by atoms with van der Waals surface area (Å²) in [5, 5.41) is 9.78. The van der Waals surface area contributed by atoms with Crippen molar-refractivity contribution < 1.29 is 33.6 Å². The third-order valence-electron chi connectivity index (χ3n) is 8.69. The first-order chi connectivity index (χ1) is 19.4. The molecule has 4 aliphatic heterocycles. The molecule has 0 aliphatic carbocycles. The molecule has 0 amide bonds. The third-order valence-corrected chi connectivity index (χ3v) is 8.69. The third kappa shape index (κ3) is 3.54. The average molecular weight is 543 g/mol. The molecule has 9 nitrogen and oxygen atoms in total. The summed E-state index contributed by atoms with van der Waals surface area (Å²) in [7, 11) is 3.41. The van der Waals surface area contributed by atoms with Crippen LogP contribution in [0.4, 0.5) is 11.4 Å². The van der Waals surface area contributed by atoms with E-state index >= 15 is 0 Å². The van der Waals surface area contributed by atoms with Crippen LogP contribution in [0.5, 0.6) is 11.5 Å². The summed E-state index contributed by atoms with van der Waals surface area (Å²) in [6.45, 7) is 3.09. The zero-order valence-electron chi connectivity index (χ0n) is 22.4. The summed E-state index contributed by atoms with van der Waals surface area (Å²) in [5.41, 5.74) is 2.92. The van der Waals surface area contributed by atoms with Crippen LogP contribution in [0.1, 0.15) is 50.2 Å². The largest absolute Gasteiger partial charge is 0.478 e. The number of aromatic carboxylic acids is 1. The van der Waals surface area contributed by atoms with Crippen molar-refractivity contribution in [1.82, 2.24) is 0 Å². The number of rotatable bonds is 7. The van der Waals surface area contributed by atoms with Crippen molar-refractivity contribution in [2.24, 2.45) is 0 Å². The van der Waals surface area contributed by atoms with E-state index in [1.807, 2.05) is 36.4 Å². The number of esters is 1. The number of carbonyl (C=O) groups excluding carboxylic acids is 1. The molecular formula is C31H30N2O7. The lowest BCUT2D eigenvalue weighted by atomic mass is 9.77. The maximum Gasteiger partial charge on any atom is 0.340 e. The van der Waals surface area contributed by atoms with Gasteiger partial charge in [0.2, 0.25) is 0 Å².